The van der Waals surface area contributed by atoms with E-state index >= 15 is 0 Å². The van der Waals surface area contributed by atoms with Crippen molar-refractivity contribution in [1.82, 2.24) is 0 Å². The fourth-order valence-corrected chi connectivity index (χ4v) is 1.74. The minimum absolute atomic E-state index is 0.0265. The van der Waals surface area contributed by atoms with Crippen LogP contribution in [-0.4, -0.2) is 6.29 Å². The normalized spacial score (nSPS) is 11.3. The zero-order valence-corrected chi connectivity index (χ0v) is 11.0. The van der Waals surface area contributed by atoms with E-state index < -0.39 is 30.0 Å². The van der Waals surface area contributed by atoms with E-state index in [4.69, 9.17) is 4.74 Å². The van der Waals surface area contributed by atoms with Gasteiger partial charge < -0.3 is 4.74 Å². The van der Waals surface area contributed by atoms with E-state index in [0.717, 1.165) is 24.3 Å². The molecule has 0 heterocycles. The number of halogens is 5. The van der Waals surface area contributed by atoms with E-state index in [9.17, 15) is 26.7 Å². The summed E-state index contributed by atoms with van der Waals surface area (Å²) < 4.78 is 69.1. The highest BCUT2D eigenvalue weighted by molar-refractivity contribution is 5.75. The van der Waals surface area contributed by atoms with Crippen LogP contribution in [0.25, 0.3) is 0 Å². The lowest BCUT2D eigenvalue weighted by atomic mass is 10.1. The second kappa shape index (κ2) is 6.13. The van der Waals surface area contributed by atoms with Crippen LogP contribution in [0.3, 0.4) is 0 Å². The molecule has 0 saturated carbocycles. The number of carbonyl (C=O) groups excluding carboxylic acids is 1. The highest BCUT2D eigenvalue weighted by Crippen LogP contribution is 2.30. The van der Waals surface area contributed by atoms with Gasteiger partial charge >= 0.3 is 6.18 Å². The van der Waals surface area contributed by atoms with Gasteiger partial charge in [-0.15, -0.1) is 0 Å². The first-order valence-corrected chi connectivity index (χ1v) is 6.04. The fourth-order valence-electron chi connectivity index (χ4n) is 1.74. The molecule has 7 heteroatoms. The Morgan fingerprint density at radius 1 is 1.05 bits per heavy atom. The van der Waals surface area contributed by atoms with E-state index in [1.165, 1.54) is 6.07 Å². The van der Waals surface area contributed by atoms with Crippen molar-refractivity contribution in [2.75, 3.05) is 0 Å². The van der Waals surface area contributed by atoms with Gasteiger partial charge in [0.2, 0.25) is 0 Å². The van der Waals surface area contributed by atoms with Gasteiger partial charge in [0, 0.05) is 17.2 Å². The van der Waals surface area contributed by atoms with E-state index in [0.29, 0.717) is 12.4 Å². The number of ether oxygens (including phenoxy) is 1. The summed E-state index contributed by atoms with van der Waals surface area (Å²) in [5, 5.41) is 0. The topological polar surface area (TPSA) is 26.3 Å². The Kier molecular flexibility index (Phi) is 4.44. The maximum Gasteiger partial charge on any atom is 0.416 e. The van der Waals surface area contributed by atoms with Crippen LogP contribution in [0, 0.1) is 11.6 Å². The van der Waals surface area contributed by atoms with Crippen LogP contribution in [0.15, 0.2) is 36.4 Å². The second-order valence-corrected chi connectivity index (χ2v) is 4.43. The molecule has 0 aliphatic carbocycles. The predicted octanol–water partition coefficient (Wildman–Crippen LogP) is 4.38. The van der Waals surface area contributed by atoms with Gasteiger partial charge in [-0.05, 0) is 24.3 Å². The van der Waals surface area contributed by atoms with Crippen LogP contribution < -0.4 is 4.74 Å². The molecule has 2 rings (SSSR count). The van der Waals surface area contributed by atoms with Crippen LogP contribution in [0.2, 0.25) is 0 Å². The molecule has 2 aromatic carbocycles. The molecular formula is C15H9F5O2. The Morgan fingerprint density at radius 3 is 2.36 bits per heavy atom. The Labute approximate surface area is 122 Å². The third kappa shape index (κ3) is 3.81. The van der Waals surface area contributed by atoms with E-state index in [2.05, 4.69) is 0 Å². The molecule has 2 aromatic rings. The lowest BCUT2D eigenvalue weighted by Crippen LogP contribution is -2.07. The number of hydrogen-bond acceptors (Lipinski definition) is 2. The van der Waals surface area contributed by atoms with Crippen LogP contribution >= 0.6 is 0 Å². The van der Waals surface area contributed by atoms with Crippen molar-refractivity contribution in [3.05, 3.63) is 64.7 Å². The molecule has 0 aliphatic heterocycles. The monoisotopic (exact) mass is 316 g/mol. The van der Waals surface area contributed by atoms with Gasteiger partial charge in [0.05, 0.1) is 5.56 Å². The number of aldehydes is 1. The highest BCUT2D eigenvalue weighted by Gasteiger charge is 2.31. The van der Waals surface area contributed by atoms with Crippen molar-refractivity contribution in [2.45, 2.75) is 12.8 Å². The average molecular weight is 316 g/mol. The van der Waals surface area contributed by atoms with Crippen LogP contribution in [0.5, 0.6) is 5.75 Å². The first-order valence-electron chi connectivity index (χ1n) is 6.04. The zero-order chi connectivity index (χ0) is 16.3. The Bertz CT molecular complexity index is 695. The molecule has 116 valence electrons. The molecule has 0 amide bonds. The van der Waals surface area contributed by atoms with Crippen molar-refractivity contribution in [3.8, 4) is 5.75 Å². The third-order valence-electron chi connectivity index (χ3n) is 2.80. The summed E-state index contributed by atoms with van der Waals surface area (Å²) in [6, 6.07) is 5.23. The zero-order valence-electron chi connectivity index (χ0n) is 11.0. The minimum atomic E-state index is -4.64. The van der Waals surface area contributed by atoms with E-state index in [1.54, 1.807) is 0 Å². The van der Waals surface area contributed by atoms with Crippen molar-refractivity contribution in [2.24, 2.45) is 0 Å². The summed E-state index contributed by atoms with van der Waals surface area (Å²) >= 11 is 0. The first kappa shape index (κ1) is 15.9. The molecule has 2 nitrogen and oxygen atoms in total. The summed E-state index contributed by atoms with van der Waals surface area (Å²) in [6.07, 6.45) is -4.23. The van der Waals surface area contributed by atoms with Crippen LogP contribution in [-0.2, 0) is 12.8 Å². The molecule has 0 fully saturated rings. The lowest BCUT2D eigenvalue weighted by Gasteiger charge is -2.10. The quantitative estimate of drug-likeness (QED) is 0.618. The maximum atomic E-state index is 13.6. The predicted molar refractivity (Wildman–Crippen MR) is 67.5 cm³/mol. The third-order valence-corrected chi connectivity index (χ3v) is 2.80. The summed E-state index contributed by atoms with van der Waals surface area (Å²) in [7, 11) is 0. The summed E-state index contributed by atoms with van der Waals surface area (Å²) in [5.74, 6) is -1.82. The molecule has 0 atom stereocenters. The van der Waals surface area contributed by atoms with Crippen molar-refractivity contribution >= 4 is 6.29 Å². The smallest absolute Gasteiger partial charge is 0.416 e. The van der Waals surface area contributed by atoms with Crippen LogP contribution in [0.4, 0.5) is 22.0 Å². The molecule has 0 unspecified atom stereocenters. The Morgan fingerprint density at radius 2 is 1.77 bits per heavy atom. The van der Waals surface area contributed by atoms with Gasteiger partial charge in [0.15, 0.2) is 0 Å². The Hall–Kier alpha value is -2.44. The minimum Gasteiger partial charge on any atom is -0.489 e. The first-order chi connectivity index (χ1) is 10.3. The second-order valence-electron chi connectivity index (χ2n) is 4.43. The van der Waals surface area contributed by atoms with Crippen LogP contribution in [0.1, 0.15) is 21.5 Å². The summed E-state index contributed by atoms with van der Waals surface area (Å²) in [5.41, 5.74) is -1.20. The van der Waals surface area contributed by atoms with Gasteiger partial charge in [-0.1, -0.05) is 6.07 Å². The number of carbonyl (C=O) groups is 1. The molecule has 0 aliphatic rings. The van der Waals surface area contributed by atoms with Gasteiger partial charge in [-0.25, -0.2) is 8.78 Å². The number of benzene rings is 2. The lowest BCUT2D eigenvalue weighted by molar-refractivity contribution is -0.137. The van der Waals surface area contributed by atoms with Gasteiger partial charge in [-0.3, -0.25) is 4.79 Å². The average Bonchev–Trinajstić information content (AvgIpc) is 2.44. The van der Waals surface area contributed by atoms with E-state index in [1.807, 2.05) is 0 Å². The molecule has 22 heavy (non-hydrogen) atoms. The van der Waals surface area contributed by atoms with Crippen molar-refractivity contribution < 1.29 is 31.5 Å². The number of alkyl halides is 3. The van der Waals surface area contributed by atoms with Crippen molar-refractivity contribution in [1.29, 1.82) is 0 Å². The molecule has 0 radical (unpaired) electrons. The standard InChI is InChI=1S/C15H9F5O2/c16-12-3-9(7-21)4-13(6-12)22-8-10-1-2-11(5-14(10)17)15(18,19)20/h1-7H,8H2. The Balaban J connectivity index is 2.15. The number of rotatable bonds is 4. The molecule has 0 spiro atoms. The molecule has 0 aromatic heterocycles. The van der Waals surface area contributed by atoms with Gasteiger partial charge in [0.25, 0.3) is 0 Å². The summed E-state index contributed by atoms with van der Waals surface area (Å²) in [4.78, 5) is 10.6. The molecule has 0 saturated heterocycles. The maximum absolute atomic E-state index is 13.6. The highest BCUT2D eigenvalue weighted by atomic mass is 19.4. The number of hydrogen-bond donors (Lipinski definition) is 0. The summed E-state index contributed by atoms with van der Waals surface area (Å²) in [6.45, 7) is -0.397. The SMILES string of the molecule is O=Cc1cc(F)cc(OCc2ccc(C(F)(F)F)cc2F)c1. The van der Waals surface area contributed by atoms with Gasteiger partial charge in [-0.2, -0.15) is 13.2 Å². The fraction of sp³-hybridized carbons (Fsp3) is 0.133. The van der Waals surface area contributed by atoms with E-state index in [-0.39, 0.29) is 16.9 Å². The van der Waals surface area contributed by atoms with Crippen molar-refractivity contribution in [3.63, 3.8) is 0 Å². The molecule has 0 N–H and O–H groups in total. The van der Waals surface area contributed by atoms with Gasteiger partial charge in [0.1, 0.15) is 30.3 Å². The molecule has 0 bridgehead atoms. The molecular weight excluding hydrogens is 307 g/mol. The largest absolute Gasteiger partial charge is 0.489 e.